The van der Waals surface area contributed by atoms with Crippen LogP contribution in [0.2, 0.25) is 16.6 Å². The Morgan fingerprint density at radius 3 is 1.93 bits per heavy atom. The molecule has 44 heavy (non-hydrogen) atoms. The molecule has 1 aromatic heterocycles. The van der Waals surface area contributed by atoms with E-state index in [9.17, 15) is 14.7 Å². The molecular weight excluding hydrogens is 609 g/mol. The van der Waals surface area contributed by atoms with Gasteiger partial charge in [-0.25, -0.2) is 4.79 Å². The number of ether oxygens (including phenoxy) is 1. The van der Waals surface area contributed by atoms with Gasteiger partial charge in [0, 0.05) is 23.1 Å². The smallest absolute Gasteiger partial charge is 0.341 e. The number of hydrogen-bond donors (Lipinski definition) is 2. The van der Waals surface area contributed by atoms with Gasteiger partial charge < -0.3 is 33.4 Å². The number of nitrogens with zero attached hydrogens (tertiary/aromatic N) is 1. The van der Waals surface area contributed by atoms with Crippen molar-refractivity contribution in [2.24, 2.45) is 5.73 Å². The standard InChI is InChI=1S/C32H38N2O7Si3/c1-19(2)42-39-32(40-43-20(3)4,41-44-21(5)6)23-15-26-30(27(16-23)38-18-28(35)36)29-24(31(33)37)13-10-14-25(29)34(26)17-22-11-8-7-9-12-22/h7-16,19-21H,17-18H2,1-6H3,(H2,33,37)(H,35,36). The molecule has 0 aliphatic carbocycles. The molecule has 0 saturated heterocycles. The molecule has 3 aromatic carbocycles. The second-order valence-electron chi connectivity index (χ2n) is 11.4. The molecule has 230 valence electrons. The highest BCUT2D eigenvalue weighted by Crippen LogP contribution is 2.43. The van der Waals surface area contributed by atoms with Crippen molar-refractivity contribution in [1.29, 1.82) is 0 Å². The lowest BCUT2D eigenvalue weighted by Crippen LogP contribution is -2.41. The molecule has 9 nitrogen and oxygen atoms in total. The van der Waals surface area contributed by atoms with Gasteiger partial charge in [-0.1, -0.05) is 77.9 Å². The fraction of sp³-hybridized carbons (Fsp3) is 0.375. The molecule has 0 unspecified atom stereocenters. The van der Waals surface area contributed by atoms with Gasteiger partial charge in [0.15, 0.2) is 6.61 Å². The lowest BCUT2D eigenvalue weighted by Gasteiger charge is -2.36. The summed E-state index contributed by atoms with van der Waals surface area (Å²) in [6.45, 7) is 12.2. The number of carboxylic acids is 1. The summed E-state index contributed by atoms with van der Waals surface area (Å²) in [6, 6.07) is 19.0. The second-order valence-corrected chi connectivity index (χ2v) is 16.2. The summed E-state index contributed by atoms with van der Waals surface area (Å²) in [5.41, 5.74) is 9.83. The number of fused-ring (bicyclic) bond motifs is 3. The van der Waals surface area contributed by atoms with Crippen molar-refractivity contribution in [2.45, 2.75) is 70.7 Å². The Bertz CT molecular complexity index is 1570. The molecule has 0 saturated carbocycles. The molecule has 0 fully saturated rings. The molecule has 0 aliphatic heterocycles. The van der Waals surface area contributed by atoms with E-state index in [2.05, 4.69) is 46.1 Å². The van der Waals surface area contributed by atoms with Crippen molar-refractivity contribution in [2.75, 3.05) is 6.61 Å². The van der Waals surface area contributed by atoms with E-state index in [1.165, 1.54) is 0 Å². The van der Waals surface area contributed by atoms with E-state index in [1.807, 2.05) is 42.5 Å². The molecule has 6 radical (unpaired) electrons. The van der Waals surface area contributed by atoms with Gasteiger partial charge in [0.2, 0.25) is 35.2 Å². The van der Waals surface area contributed by atoms with Crippen LogP contribution >= 0.6 is 0 Å². The number of primary amides is 1. The molecular formula is C32H38N2O7Si3. The first kappa shape index (κ1) is 33.6. The number of aromatic nitrogens is 1. The van der Waals surface area contributed by atoms with Crippen LogP contribution in [-0.4, -0.2) is 57.4 Å². The summed E-state index contributed by atoms with van der Waals surface area (Å²) in [5, 5.41) is 10.8. The number of nitrogens with two attached hydrogens (primary N) is 1. The van der Waals surface area contributed by atoms with E-state index in [0.29, 0.717) is 34.0 Å². The van der Waals surface area contributed by atoms with Gasteiger partial charge in [-0.3, -0.25) is 4.79 Å². The fourth-order valence-electron chi connectivity index (χ4n) is 4.62. The third-order valence-corrected chi connectivity index (χ3v) is 8.97. The molecule has 12 heteroatoms. The van der Waals surface area contributed by atoms with Crippen LogP contribution in [0, 0.1) is 0 Å². The topological polar surface area (TPSA) is 122 Å². The highest BCUT2D eigenvalue weighted by molar-refractivity contribution is 6.32. The SMILES string of the molecule is CC(C)[Si]OC(O[Si]C(C)C)(O[Si]C(C)C)c1cc(OCC(=O)O)c2c3c(C(N)=O)cccc3n(Cc3ccccc3)c2c1. The zero-order chi connectivity index (χ0) is 32.0. The fourth-order valence-corrected chi connectivity index (χ4v) is 6.65. The van der Waals surface area contributed by atoms with Gasteiger partial charge in [-0.05, 0) is 46.5 Å². The van der Waals surface area contributed by atoms with Crippen LogP contribution in [0.4, 0.5) is 0 Å². The van der Waals surface area contributed by atoms with Crippen molar-refractivity contribution in [3.8, 4) is 5.75 Å². The number of benzene rings is 3. The maximum absolute atomic E-state index is 12.7. The van der Waals surface area contributed by atoms with E-state index < -0.39 is 24.5 Å². The predicted octanol–water partition coefficient (Wildman–Crippen LogP) is 5.91. The van der Waals surface area contributed by atoms with Gasteiger partial charge in [0.05, 0.1) is 16.4 Å². The van der Waals surface area contributed by atoms with Gasteiger partial charge in [-0.15, -0.1) is 0 Å². The largest absolute Gasteiger partial charge is 0.481 e. The number of aliphatic carboxylic acids is 1. The number of carboxylic acid groups (broad SMARTS) is 1. The number of carbonyl (C=O) groups excluding carboxylic acids is 1. The molecule has 1 heterocycles. The first-order valence-electron chi connectivity index (χ1n) is 14.5. The normalized spacial score (nSPS) is 12.2. The molecule has 4 rings (SSSR count). The third kappa shape index (κ3) is 7.86. The summed E-state index contributed by atoms with van der Waals surface area (Å²) in [4.78, 5) is 24.4. The van der Waals surface area contributed by atoms with Crippen molar-refractivity contribution in [3.05, 3.63) is 77.4 Å². The summed E-state index contributed by atoms with van der Waals surface area (Å²) in [6.07, 6.45) is 0. The maximum Gasteiger partial charge on any atom is 0.341 e. The van der Waals surface area contributed by atoms with E-state index in [4.69, 9.17) is 23.7 Å². The Labute approximate surface area is 265 Å². The lowest BCUT2D eigenvalue weighted by molar-refractivity contribution is -0.269. The van der Waals surface area contributed by atoms with E-state index in [0.717, 1.165) is 11.1 Å². The predicted molar refractivity (Wildman–Crippen MR) is 174 cm³/mol. The van der Waals surface area contributed by atoms with Gasteiger partial charge in [0.1, 0.15) is 5.75 Å². The van der Waals surface area contributed by atoms with E-state index >= 15 is 0 Å². The zero-order valence-corrected chi connectivity index (χ0v) is 28.8. The maximum atomic E-state index is 12.7. The van der Waals surface area contributed by atoms with Gasteiger partial charge in [0.25, 0.3) is 5.97 Å². The molecule has 1 amide bonds. The van der Waals surface area contributed by atoms with Crippen LogP contribution in [0.3, 0.4) is 0 Å². The summed E-state index contributed by atoms with van der Waals surface area (Å²) in [7, 11) is 0.178. The quantitative estimate of drug-likeness (QED) is 0.115. The number of carbonyl (C=O) groups is 2. The minimum Gasteiger partial charge on any atom is -0.481 e. The second kappa shape index (κ2) is 14.7. The van der Waals surface area contributed by atoms with Gasteiger partial charge in [-0.2, -0.15) is 0 Å². The average molecular weight is 647 g/mol. The van der Waals surface area contributed by atoms with Crippen molar-refractivity contribution in [1.82, 2.24) is 4.57 Å². The minimum atomic E-state index is -1.57. The van der Waals surface area contributed by atoms with Crippen LogP contribution in [0.5, 0.6) is 5.75 Å². The van der Waals surface area contributed by atoms with Crippen LogP contribution < -0.4 is 10.5 Å². The minimum absolute atomic E-state index is 0.0593. The van der Waals surface area contributed by atoms with Crippen molar-refractivity contribution in [3.63, 3.8) is 0 Å². The van der Waals surface area contributed by atoms with E-state index in [1.54, 1.807) is 18.2 Å². The summed E-state index contributed by atoms with van der Waals surface area (Å²) in [5.74, 6) is -3.03. The summed E-state index contributed by atoms with van der Waals surface area (Å²) < 4.78 is 27.7. The Morgan fingerprint density at radius 2 is 1.41 bits per heavy atom. The lowest BCUT2D eigenvalue weighted by atomic mass is 10.0. The molecule has 4 aromatic rings. The van der Waals surface area contributed by atoms with Crippen molar-refractivity contribution >= 4 is 63.0 Å². The average Bonchev–Trinajstić information content (AvgIpc) is 3.29. The van der Waals surface area contributed by atoms with Crippen LogP contribution in [0.25, 0.3) is 21.8 Å². The number of hydrogen-bond acceptors (Lipinski definition) is 6. The molecule has 0 bridgehead atoms. The van der Waals surface area contributed by atoms with Crippen LogP contribution in [0.15, 0.2) is 60.7 Å². The Morgan fingerprint density at radius 1 is 0.818 bits per heavy atom. The summed E-state index contributed by atoms with van der Waals surface area (Å²) >= 11 is 0. The highest BCUT2D eigenvalue weighted by atomic mass is 28.2. The highest BCUT2D eigenvalue weighted by Gasteiger charge is 2.39. The van der Waals surface area contributed by atoms with E-state index in [-0.39, 0.29) is 51.7 Å². The third-order valence-electron chi connectivity index (χ3n) is 6.40. The molecule has 0 atom stereocenters. The number of amides is 1. The Balaban J connectivity index is 2.10. The van der Waals surface area contributed by atoms with Crippen LogP contribution in [0.1, 0.15) is 63.0 Å². The number of rotatable bonds is 16. The first-order chi connectivity index (χ1) is 20.9. The van der Waals surface area contributed by atoms with Crippen molar-refractivity contribution < 1.29 is 32.7 Å². The monoisotopic (exact) mass is 646 g/mol. The van der Waals surface area contributed by atoms with Crippen LogP contribution in [-0.2, 0) is 30.6 Å². The zero-order valence-electron chi connectivity index (χ0n) is 25.8. The molecule has 0 spiro atoms. The Hall–Kier alpha value is -3.27. The first-order valence-corrected chi connectivity index (χ1v) is 17.5. The Kier molecular flexibility index (Phi) is 11.2. The molecule has 0 aliphatic rings. The molecule has 3 N–H and O–H groups in total. The van der Waals surface area contributed by atoms with Gasteiger partial charge >= 0.3 is 5.97 Å².